The van der Waals surface area contributed by atoms with Crippen LogP contribution in [0.25, 0.3) is 6.08 Å². The molecular formula is C14H19NO5S. The third kappa shape index (κ3) is 4.96. The van der Waals surface area contributed by atoms with Gasteiger partial charge in [0.25, 0.3) is 0 Å². The Bertz CT molecular complexity index is 610. The summed E-state index contributed by atoms with van der Waals surface area (Å²) in [5.41, 5.74) is 0.497. The van der Waals surface area contributed by atoms with E-state index in [4.69, 9.17) is 10.2 Å². The van der Waals surface area contributed by atoms with E-state index in [-0.39, 0.29) is 18.0 Å². The minimum absolute atomic E-state index is 0.0760. The molecule has 21 heavy (non-hydrogen) atoms. The fraction of sp³-hybridized carbons (Fsp3) is 0.357. The number of rotatable bonds is 8. The molecule has 0 fully saturated rings. The Hall–Kier alpha value is -1.70. The lowest BCUT2D eigenvalue weighted by molar-refractivity contribution is -0.131. The molecule has 0 aromatic heterocycles. The van der Waals surface area contributed by atoms with Gasteiger partial charge in [0.05, 0.1) is 4.90 Å². The van der Waals surface area contributed by atoms with Crippen LogP contribution in [0, 0.1) is 0 Å². The molecule has 0 aliphatic heterocycles. The summed E-state index contributed by atoms with van der Waals surface area (Å²) in [5, 5.41) is 17.4. The molecule has 0 unspecified atom stereocenters. The number of carbonyl (C=O) groups is 1. The average molecular weight is 313 g/mol. The first-order valence-corrected chi connectivity index (χ1v) is 7.98. The van der Waals surface area contributed by atoms with Crippen LogP contribution < -0.4 is 0 Å². The van der Waals surface area contributed by atoms with Gasteiger partial charge in [-0.05, 0) is 30.2 Å². The number of nitrogens with zero attached hydrogens (tertiary/aromatic N) is 1. The first kappa shape index (κ1) is 17.4. The molecule has 0 heterocycles. The Morgan fingerprint density at radius 3 is 2.67 bits per heavy atom. The van der Waals surface area contributed by atoms with E-state index in [9.17, 15) is 13.2 Å². The van der Waals surface area contributed by atoms with Crippen LogP contribution in [0.1, 0.15) is 18.9 Å². The van der Waals surface area contributed by atoms with E-state index >= 15 is 0 Å². The van der Waals surface area contributed by atoms with Gasteiger partial charge >= 0.3 is 5.97 Å². The highest BCUT2D eigenvalue weighted by atomic mass is 32.2. The fourth-order valence-corrected chi connectivity index (χ4v) is 3.33. The van der Waals surface area contributed by atoms with E-state index in [0.717, 1.165) is 6.08 Å². The van der Waals surface area contributed by atoms with E-state index in [0.29, 0.717) is 18.5 Å². The lowest BCUT2D eigenvalue weighted by Gasteiger charge is -2.20. The van der Waals surface area contributed by atoms with Crippen molar-refractivity contribution in [2.45, 2.75) is 18.2 Å². The van der Waals surface area contributed by atoms with Crippen molar-refractivity contribution < 1.29 is 23.4 Å². The van der Waals surface area contributed by atoms with Gasteiger partial charge in [0.1, 0.15) is 0 Å². The normalized spacial score (nSPS) is 12.1. The standard InChI is InChI=1S/C14H19NO5S/c1-2-15(9-4-10-16)21(19,20)13-6-3-5-12(11-13)7-8-14(17)18/h3,5-8,11,16H,2,4,9-10H2,1H3,(H,17,18)/b8-7+. The van der Waals surface area contributed by atoms with Gasteiger partial charge in [0.15, 0.2) is 0 Å². The highest BCUT2D eigenvalue weighted by Gasteiger charge is 2.22. The maximum atomic E-state index is 12.5. The molecule has 1 aromatic carbocycles. The van der Waals surface area contributed by atoms with Crippen LogP contribution >= 0.6 is 0 Å². The number of benzene rings is 1. The van der Waals surface area contributed by atoms with Gasteiger partial charge in [0, 0.05) is 25.8 Å². The molecule has 116 valence electrons. The number of hydrogen-bond acceptors (Lipinski definition) is 4. The van der Waals surface area contributed by atoms with Gasteiger partial charge in [0.2, 0.25) is 10.0 Å². The molecule has 0 spiro atoms. The molecule has 0 aliphatic carbocycles. The van der Waals surface area contributed by atoms with Gasteiger partial charge in [-0.2, -0.15) is 4.31 Å². The molecule has 0 radical (unpaired) electrons. The van der Waals surface area contributed by atoms with Crippen LogP contribution in [0.2, 0.25) is 0 Å². The van der Waals surface area contributed by atoms with E-state index < -0.39 is 16.0 Å². The number of carboxylic acids is 1. The molecule has 0 bridgehead atoms. The monoisotopic (exact) mass is 313 g/mol. The Balaban J connectivity index is 3.07. The molecule has 6 nitrogen and oxygen atoms in total. The zero-order chi connectivity index (χ0) is 15.9. The molecule has 0 saturated carbocycles. The molecule has 0 aliphatic rings. The van der Waals surface area contributed by atoms with Crippen LogP contribution in [-0.4, -0.2) is 48.6 Å². The highest BCUT2D eigenvalue weighted by Crippen LogP contribution is 2.18. The fourth-order valence-electron chi connectivity index (χ4n) is 1.79. The SMILES string of the molecule is CCN(CCCO)S(=O)(=O)c1cccc(/C=C/C(=O)O)c1. The molecule has 7 heteroatoms. The summed E-state index contributed by atoms with van der Waals surface area (Å²) < 4.78 is 26.2. The highest BCUT2D eigenvalue weighted by molar-refractivity contribution is 7.89. The van der Waals surface area contributed by atoms with Gasteiger partial charge in [-0.3, -0.25) is 0 Å². The lowest BCUT2D eigenvalue weighted by atomic mass is 10.2. The third-order valence-electron chi connectivity index (χ3n) is 2.83. The number of aliphatic hydroxyl groups is 1. The van der Waals surface area contributed by atoms with Crippen molar-refractivity contribution in [3.05, 3.63) is 35.9 Å². The zero-order valence-corrected chi connectivity index (χ0v) is 12.6. The van der Waals surface area contributed by atoms with Gasteiger partial charge < -0.3 is 10.2 Å². The second kappa shape index (κ2) is 7.92. The Kier molecular flexibility index (Phi) is 6.54. The quantitative estimate of drug-likeness (QED) is 0.703. The number of carboxylic acid groups (broad SMARTS) is 1. The van der Waals surface area contributed by atoms with Crippen molar-refractivity contribution >= 4 is 22.1 Å². The topological polar surface area (TPSA) is 94.9 Å². The van der Waals surface area contributed by atoms with Gasteiger partial charge in [-0.15, -0.1) is 0 Å². The third-order valence-corrected chi connectivity index (χ3v) is 4.80. The summed E-state index contributed by atoms with van der Waals surface area (Å²) >= 11 is 0. The molecule has 1 aromatic rings. The molecule has 1 rings (SSSR count). The Labute approximate surface area is 124 Å². The molecule has 0 atom stereocenters. The van der Waals surface area contributed by atoms with Crippen molar-refractivity contribution in [3.63, 3.8) is 0 Å². The van der Waals surface area contributed by atoms with E-state index in [1.165, 1.54) is 22.5 Å². The summed E-state index contributed by atoms with van der Waals surface area (Å²) in [5.74, 6) is -1.10. The number of hydrogen-bond donors (Lipinski definition) is 2. The van der Waals surface area contributed by atoms with Crippen molar-refractivity contribution in [1.82, 2.24) is 4.31 Å². The second-order valence-corrected chi connectivity index (χ2v) is 6.26. The summed E-state index contributed by atoms with van der Waals surface area (Å²) in [6.07, 6.45) is 2.66. The second-order valence-electron chi connectivity index (χ2n) is 4.32. The van der Waals surface area contributed by atoms with Crippen LogP contribution in [0.3, 0.4) is 0 Å². The van der Waals surface area contributed by atoms with Crippen LogP contribution in [-0.2, 0) is 14.8 Å². The maximum Gasteiger partial charge on any atom is 0.328 e. The van der Waals surface area contributed by atoms with Crippen LogP contribution in [0.5, 0.6) is 0 Å². The summed E-state index contributed by atoms with van der Waals surface area (Å²) in [6, 6.07) is 6.09. The number of aliphatic carboxylic acids is 1. The molecule has 0 saturated heterocycles. The molecule has 2 N–H and O–H groups in total. The van der Waals surface area contributed by atoms with Gasteiger partial charge in [-0.1, -0.05) is 19.1 Å². The van der Waals surface area contributed by atoms with Crippen molar-refractivity contribution in [1.29, 1.82) is 0 Å². The largest absolute Gasteiger partial charge is 0.478 e. The summed E-state index contributed by atoms with van der Waals surface area (Å²) in [6.45, 7) is 2.19. The molecule has 0 amide bonds. The minimum atomic E-state index is -3.64. The van der Waals surface area contributed by atoms with Crippen molar-refractivity contribution in [2.75, 3.05) is 19.7 Å². The summed E-state index contributed by atoms with van der Waals surface area (Å²) in [4.78, 5) is 10.6. The Morgan fingerprint density at radius 2 is 2.10 bits per heavy atom. The minimum Gasteiger partial charge on any atom is -0.478 e. The predicted octanol–water partition coefficient (Wildman–Crippen LogP) is 1.18. The van der Waals surface area contributed by atoms with E-state index in [1.807, 2.05) is 0 Å². The average Bonchev–Trinajstić information content (AvgIpc) is 2.46. The van der Waals surface area contributed by atoms with Crippen LogP contribution in [0.4, 0.5) is 0 Å². The van der Waals surface area contributed by atoms with Crippen LogP contribution in [0.15, 0.2) is 35.2 Å². The Morgan fingerprint density at radius 1 is 1.38 bits per heavy atom. The smallest absolute Gasteiger partial charge is 0.328 e. The first-order chi connectivity index (χ1) is 9.91. The van der Waals surface area contributed by atoms with Crippen molar-refractivity contribution in [3.8, 4) is 0 Å². The maximum absolute atomic E-state index is 12.5. The summed E-state index contributed by atoms with van der Waals surface area (Å²) in [7, 11) is -3.64. The molecular weight excluding hydrogens is 294 g/mol. The first-order valence-electron chi connectivity index (χ1n) is 6.54. The van der Waals surface area contributed by atoms with Crippen molar-refractivity contribution in [2.24, 2.45) is 0 Å². The van der Waals surface area contributed by atoms with E-state index in [2.05, 4.69) is 0 Å². The number of sulfonamides is 1. The van der Waals surface area contributed by atoms with Gasteiger partial charge in [-0.25, -0.2) is 13.2 Å². The number of aliphatic hydroxyl groups excluding tert-OH is 1. The predicted molar refractivity (Wildman–Crippen MR) is 79.2 cm³/mol. The zero-order valence-electron chi connectivity index (χ0n) is 11.8. The van der Waals surface area contributed by atoms with E-state index in [1.54, 1.807) is 19.1 Å². The lowest BCUT2D eigenvalue weighted by Crippen LogP contribution is -2.32.